The Bertz CT molecular complexity index is 900. The number of hydrogen-bond donors (Lipinski definition) is 1. The third kappa shape index (κ3) is 3.02. The molecule has 2 N–H and O–H groups in total. The van der Waals surface area contributed by atoms with Crippen LogP contribution in [0.25, 0.3) is 17.0 Å². The largest absolute Gasteiger partial charge is 0.339 e. The summed E-state index contributed by atoms with van der Waals surface area (Å²) in [4.78, 5) is 9.21. The van der Waals surface area contributed by atoms with Gasteiger partial charge in [0.2, 0.25) is 11.7 Å². The minimum atomic E-state index is -0.297. The van der Waals surface area contributed by atoms with Gasteiger partial charge in [0.05, 0.1) is 17.7 Å². The van der Waals surface area contributed by atoms with E-state index in [9.17, 15) is 0 Å². The van der Waals surface area contributed by atoms with E-state index in [1.54, 1.807) is 10.7 Å². The summed E-state index contributed by atoms with van der Waals surface area (Å²) < 4.78 is 7.36. The number of hydrogen-bond acceptors (Lipinski definition) is 6. The number of nitrogens with two attached hydrogens (primary N) is 1. The van der Waals surface area contributed by atoms with Gasteiger partial charge in [0.1, 0.15) is 0 Å². The molecule has 1 aliphatic rings. The number of nitrogens with zero attached hydrogens (tertiary/aromatic N) is 5. The van der Waals surface area contributed by atoms with Crippen molar-refractivity contribution in [2.45, 2.75) is 57.9 Å². The summed E-state index contributed by atoms with van der Waals surface area (Å²) in [7, 11) is 0. The molecule has 0 saturated heterocycles. The van der Waals surface area contributed by atoms with Crippen molar-refractivity contribution in [3.8, 4) is 11.4 Å². The molecule has 2 atom stereocenters. The van der Waals surface area contributed by atoms with Gasteiger partial charge in [-0.05, 0) is 39.7 Å². The van der Waals surface area contributed by atoms with Crippen molar-refractivity contribution < 1.29 is 4.52 Å². The predicted molar refractivity (Wildman–Crippen MR) is 96.8 cm³/mol. The molecule has 3 heterocycles. The van der Waals surface area contributed by atoms with Gasteiger partial charge < -0.3 is 10.3 Å². The molecule has 0 aromatic carbocycles. The fraction of sp³-hybridized carbons (Fsp3) is 0.529. The van der Waals surface area contributed by atoms with Crippen LogP contribution in [-0.2, 0) is 0 Å². The van der Waals surface area contributed by atoms with E-state index in [0.29, 0.717) is 11.7 Å². The standard InChI is InChI=1S/C17H22N6O.ClH/c1-10-8-11(2)23-15(20-10)12(9-19-23)14-21-16(24-22-14)13-6-4-5-7-17(13,3)18;/h8-9,13H,4-7,18H2,1-3H3;1H. The van der Waals surface area contributed by atoms with Crippen LogP contribution in [0.2, 0.25) is 0 Å². The van der Waals surface area contributed by atoms with Gasteiger partial charge in [0.15, 0.2) is 5.65 Å². The SMILES string of the molecule is Cc1cc(C)n2ncc(-c3noc(C4CCCCC4(C)N)n3)c2n1.Cl. The molecule has 0 spiro atoms. The van der Waals surface area contributed by atoms with Crippen LogP contribution >= 0.6 is 12.4 Å². The molecule has 0 bridgehead atoms. The monoisotopic (exact) mass is 362 g/mol. The second-order valence-electron chi connectivity index (χ2n) is 7.09. The minimum Gasteiger partial charge on any atom is -0.339 e. The average Bonchev–Trinajstić information content (AvgIpc) is 3.13. The van der Waals surface area contributed by atoms with Crippen molar-refractivity contribution in [1.29, 1.82) is 0 Å². The Kier molecular flexibility index (Phi) is 4.55. The summed E-state index contributed by atoms with van der Waals surface area (Å²) in [5.74, 6) is 1.25. The fourth-order valence-electron chi connectivity index (χ4n) is 3.68. The quantitative estimate of drug-likeness (QED) is 0.752. The van der Waals surface area contributed by atoms with Crippen molar-refractivity contribution in [1.82, 2.24) is 24.7 Å². The summed E-state index contributed by atoms with van der Waals surface area (Å²) in [5.41, 5.74) is 9.65. The average molecular weight is 363 g/mol. The Morgan fingerprint density at radius 2 is 2.08 bits per heavy atom. The van der Waals surface area contributed by atoms with E-state index in [2.05, 4.69) is 27.1 Å². The molecule has 3 aromatic rings. The molecule has 4 rings (SSSR count). The Morgan fingerprint density at radius 1 is 1.28 bits per heavy atom. The van der Waals surface area contributed by atoms with Crippen LogP contribution < -0.4 is 5.73 Å². The van der Waals surface area contributed by atoms with Crippen molar-refractivity contribution in [2.75, 3.05) is 0 Å². The summed E-state index contributed by atoms with van der Waals surface area (Å²) in [5, 5.41) is 8.57. The lowest BCUT2D eigenvalue weighted by molar-refractivity contribution is 0.223. The van der Waals surface area contributed by atoms with Gasteiger partial charge in [-0.3, -0.25) is 0 Å². The summed E-state index contributed by atoms with van der Waals surface area (Å²) >= 11 is 0. The van der Waals surface area contributed by atoms with Gasteiger partial charge in [-0.1, -0.05) is 18.0 Å². The molecule has 0 amide bonds. The number of aryl methyl sites for hydroxylation is 2. The van der Waals surface area contributed by atoms with E-state index in [4.69, 9.17) is 10.3 Å². The third-order valence-electron chi connectivity index (χ3n) is 5.01. The zero-order valence-electron chi connectivity index (χ0n) is 14.7. The van der Waals surface area contributed by atoms with E-state index >= 15 is 0 Å². The molecule has 0 radical (unpaired) electrons. The first kappa shape index (κ1) is 17.8. The molecule has 134 valence electrons. The van der Waals surface area contributed by atoms with Gasteiger partial charge in [0, 0.05) is 16.9 Å². The van der Waals surface area contributed by atoms with E-state index in [-0.39, 0.29) is 23.9 Å². The van der Waals surface area contributed by atoms with Crippen molar-refractivity contribution in [2.24, 2.45) is 5.73 Å². The van der Waals surface area contributed by atoms with Crippen molar-refractivity contribution >= 4 is 18.1 Å². The Morgan fingerprint density at radius 3 is 2.84 bits per heavy atom. The highest BCUT2D eigenvalue weighted by Gasteiger charge is 2.37. The van der Waals surface area contributed by atoms with Crippen LogP contribution in [0.4, 0.5) is 0 Å². The first-order valence-electron chi connectivity index (χ1n) is 8.40. The highest BCUT2D eigenvalue weighted by molar-refractivity contribution is 5.85. The zero-order valence-corrected chi connectivity index (χ0v) is 15.5. The maximum absolute atomic E-state index is 6.46. The Hall–Kier alpha value is -1.99. The highest BCUT2D eigenvalue weighted by Crippen LogP contribution is 2.39. The number of fused-ring (bicyclic) bond motifs is 1. The van der Waals surface area contributed by atoms with Gasteiger partial charge in [-0.15, -0.1) is 12.4 Å². The molecule has 8 heteroatoms. The van der Waals surface area contributed by atoms with Crippen LogP contribution in [0.3, 0.4) is 0 Å². The zero-order chi connectivity index (χ0) is 16.9. The lowest BCUT2D eigenvalue weighted by atomic mass is 9.74. The molecule has 0 aliphatic heterocycles. The molecule has 3 aromatic heterocycles. The van der Waals surface area contributed by atoms with Crippen LogP contribution in [0.15, 0.2) is 16.8 Å². The summed E-state index contributed by atoms with van der Waals surface area (Å²) in [6, 6.07) is 1.99. The molecule has 7 nitrogen and oxygen atoms in total. The second-order valence-corrected chi connectivity index (χ2v) is 7.09. The normalized spacial score (nSPS) is 23.6. The molecule has 1 saturated carbocycles. The van der Waals surface area contributed by atoms with E-state index in [0.717, 1.165) is 48.3 Å². The van der Waals surface area contributed by atoms with Gasteiger partial charge in [0.25, 0.3) is 0 Å². The molecule has 25 heavy (non-hydrogen) atoms. The lowest BCUT2D eigenvalue weighted by Gasteiger charge is -2.35. The first-order valence-corrected chi connectivity index (χ1v) is 8.40. The van der Waals surface area contributed by atoms with E-state index in [1.165, 1.54) is 0 Å². The van der Waals surface area contributed by atoms with E-state index in [1.807, 2.05) is 19.9 Å². The molecule has 1 aliphatic carbocycles. The van der Waals surface area contributed by atoms with Crippen LogP contribution in [0.1, 0.15) is 55.8 Å². The fourth-order valence-corrected chi connectivity index (χ4v) is 3.68. The Labute approximate surface area is 152 Å². The van der Waals surface area contributed by atoms with Crippen molar-refractivity contribution in [3.05, 3.63) is 29.5 Å². The second kappa shape index (κ2) is 6.38. The molecular weight excluding hydrogens is 340 g/mol. The summed E-state index contributed by atoms with van der Waals surface area (Å²) in [6.07, 6.45) is 6.00. The number of aromatic nitrogens is 5. The number of halogens is 1. The first-order chi connectivity index (χ1) is 11.5. The molecular formula is C17H23ClN6O. The van der Waals surface area contributed by atoms with Gasteiger partial charge in [-0.25, -0.2) is 9.50 Å². The Balaban J connectivity index is 0.00000182. The van der Waals surface area contributed by atoms with Crippen LogP contribution in [0, 0.1) is 13.8 Å². The highest BCUT2D eigenvalue weighted by atomic mass is 35.5. The summed E-state index contributed by atoms with van der Waals surface area (Å²) in [6.45, 7) is 6.04. The number of rotatable bonds is 2. The molecule has 1 fully saturated rings. The maximum Gasteiger partial charge on any atom is 0.231 e. The smallest absolute Gasteiger partial charge is 0.231 e. The van der Waals surface area contributed by atoms with Gasteiger partial charge in [-0.2, -0.15) is 10.1 Å². The maximum atomic E-state index is 6.46. The minimum absolute atomic E-state index is 0. The van der Waals surface area contributed by atoms with E-state index < -0.39 is 0 Å². The lowest BCUT2D eigenvalue weighted by Crippen LogP contribution is -2.44. The van der Waals surface area contributed by atoms with Crippen molar-refractivity contribution in [3.63, 3.8) is 0 Å². The molecule has 2 unspecified atom stereocenters. The van der Waals surface area contributed by atoms with Gasteiger partial charge >= 0.3 is 0 Å². The van der Waals surface area contributed by atoms with Crippen LogP contribution in [0.5, 0.6) is 0 Å². The predicted octanol–water partition coefficient (Wildman–Crippen LogP) is 3.19. The van der Waals surface area contributed by atoms with Crippen LogP contribution in [-0.4, -0.2) is 30.3 Å². The topological polar surface area (TPSA) is 95.1 Å². The third-order valence-corrected chi connectivity index (χ3v) is 5.01.